The predicted octanol–water partition coefficient (Wildman–Crippen LogP) is 3.77. The third kappa shape index (κ3) is 3.87. The van der Waals surface area contributed by atoms with Crippen LogP contribution >= 0.6 is 0 Å². The molecule has 3 rings (SSSR count). The third-order valence-corrected chi connectivity index (χ3v) is 5.47. The third-order valence-electron chi connectivity index (χ3n) is 5.47. The van der Waals surface area contributed by atoms with Crippen molar-refractivity contribution in [1.82, 2.24) is 10.2 Å². The van der Waals surface area contributed by atoms with E-state index >= 15 is 0 Å². The average Bonchev–Trinajstić information content (AvgIpc) is 3.29. The van der Waals surface area contributed by atoms with Crippen molar-refractivity contribution >= 4 is 0 Å². The van der Waals surface area contributed by atoms with Crippen molar-refractivity contribution in [2.45, 2.75) is 45.6 Å². The van der Waals surface area contributed by atoms with Crippen LogP contribution in [-0.2, 0) is 0 Å². The number of hydrogen-bond acceptors (Lipinski definition) is 2. The van der Waals surface area contributed by atoms with E-state index in [2.05, 4.69) is 55.4 Å². The van der Waals surface area contributed by atoms with Crippen molar-refractivity contribution in [3.05, 3.63) is 35.4 Å². The van der Waals surface area contributed by atoms with Crippen molar-refractivity contribution < 1.29 is 0 Å². The fraction of sp³-hybridized carbons (Fsp3) is 0.684. The zero-order valence-electron chi connectivity index (χ0n) is 13.9. The zero-order valence-corrected chi connectivity index (χ0v) is 13.9. The van der Waals surface area contributed by atoms with Crippen LogP contribution in [0.1, 0.15) is 49.8 Å². The number of benzene rings is 1. The highest BCUT2D eigenvalue weighted by Crippen LogP contribution is 2.42. The summed E-state index contributed by atoms with van der Waals surface area (Å²) in [6.07, 6.45) is 5.43. The summed E-state index contributed by atoms with van der Waals surface area (Å²) >= 11 is 0. The Labute approximate surface area is 129 Å². The van der Waals surface area contributed by atoms with Gasteiger partial charge in [0.15, 0.2) is 0 Å². The Bertz CT molecular complexity index is 453. The molecule has 116 valence electrons. The first-order valence-corrected chi connectivity index (χ1v) is 8.54. The fourth-order valence-corrected chi connectivity index (χ4v) is 3.45. The van der Waals surface area contributed by atoms with E-state index in [1.54, 1.807) is 0 Å². The molecule has 1 heterocycles. The smallest absolute Gasteiger partial charge is 0.0348 e. The van der Waals surface area contributed by atoms with Crippen molar-refractivity contribution in [2.24, 2.45) is 11.3 Å². The minimum absolute atomic E-state index is 0.477. The van der Waals surface area contributed by atoms with Gasteiger partial charge >= 0.3 is 0 Å². The van der Waals surface area contributed by atoms with Gasteiger partial charge in [0.25, 0.3) is 0 Å². The molecule has 1 saturated heterocycles. The first-order chi connectivity index (χ1) is 10.1. The highest BCUT2D eigenvalue weighted by Gasteiger charge is 2.35. The minimum atomic E-state index is 0.477. The Morgan fingerprint density at radius 2 is 1.81 bits per heavy atom. The molecule has 2 nitrogen and oxygen atoms in total. The lowest BCUT2D eigenvalue weighted by atomic mass is 9.80. The number of nitrogens with one attached hydrogen (secondary N) is 1. The molecule has 1 saturated carbocycles. The molecule has 21 heavy (non-hydrogen) atoms. The zero-order chi connectivity index (χ0) is 14.9. The molecule has 0 amide bonds. The van der Waals surface area contributed by atoms with Gasteiger partial charge in [-0.2, -0.15) is 0 Å². The number of hydrogen-bond donors (Lipinski definition) is 1. The second-order valence-corrected chi connectivity index (χ2v) is 7.72. The number of nitrogens with zero attached hydrogens (tertiary/aromatic N) is 1. The summed E-state index contributed by atoms with van der Waals surface area (Å²) in [7, 11) is 2.24. The molecule has 1 aromatic carbocycles. The van der Waals surface area contributed by atoms with Crippen molar-refractivity contribution in [1.29, 1.82) is 0 Å². The standard InChI is InChI=1S/C19H30N2/c1-15-4-6-16(7-5-15)18(17-8-9-17)20-14-19(2)10-12-21(3)13-11-19/h4-7,17-18,20H,8-14H2,1-3H3. The molecular formula is C19H30N2. The van der Waals surface area contributed by atoms with E-state index in [1.807, 2.05) is 0 Å². The van der Waals surface area contributed by atoms with Gasteiger partial charge in [0.2, 0.25) is 0 Å². The quantitative estimate of drug-likeness (QED) is 0.886. The van der Waals surface area contributed by atoms with Crippen molar-refractivity contribution in [3.8, 4) is 0 Å². The summed E-state index contributed by atoms with van der Waals surface area (Å²) < 4.78 is 0. The number of rotatable bonds is 5. The fourth-order valence-electron chi connectivity index (χ4n) is 3.45. The summed E-state index contributed by atoms with van der Waals surface area (Å²) in [5.41, 5.74) is 3.32. The van der Waals surface area contributed by atoms with Crippen LogP contribution in [0.5, 0.6) is 0 Å². The SMILES string of the molecule is Cc1ccc(C(NCC2(C)CCN(C)CC2)C2CC2)cc1. The van der Waals surface area contributed by atoms with Gasteiger partial charge in [0, 0.05) is 12.6 Å². The highest BCUT2D eigenvalue weighted by molar-refractivity contribution is 5.25. The van der Waals surface area contributed by atoms with Gasteiger partial charge in [-0.25, -0.2) is 0 Å². The number of likely N-dealkylation sites (tertiary alicyclic amines) is 1. The van der Waals surface area contributed by atoms with Crippen LogP contribution in [0.2, 0.25) is 0 Å². The van der Waals surface area contributed by atoms with Crippen LogP contribution in [0.4, 0.5) is 0 Å². The maximum absolute atomic E-state index is 3.92. The van der Waals surface area contributed by atoms with Crippen LogP contribution in [0, 0.1) is 18.3 Å². The number of aryl methyl sites for hydroxylation is 1. The first-order valence-electron chi connectivity index (χ1n) is 8.54. The van der Waals surface area contributed by atoms with Gasteiger partial charge in [-0.05, 0) is 69.6 Å². The summed E-state index contributed by atoms with van der Waals surface area (Å²) in [4.78, 5) is 2.46. The molecule has 2 fully saturated rings. The second-order valence-electron chi connectivity index (χ2n) is 7.72. The number of piperidine rings is 1. The molecule has 2 heteroatoms. The molecule has 0 bridgehead atoms. The molecule has 1 aliphatic heterocycles. The average molecular weight is 286 g/mol. The van der Waals surface area contributed by atoms with E-state index in [0.29, 0.717) is 11.5 Å². The van der Waals surface area contributed by atoms with Gasteiger partial charge in [0.1, 0.15) is 0 Å². The van der Waals surface area contributed by atoms with Gasteiger partial charge in [0.05, 0.1) is 0 Å². The maximum Gasteiger partial charge on any atom is 0.0348 e. The molecule has 1 unspecified atom stereocenters. The first kappa shape index (κ1) is 15.1. The van der Waals surface area contributed by atoms with Crippen LogP contribution < -0.4 is 5.32 Å². The Kier molecular flexibility index (Phi) is 4.37. The molecule has 2 aliphatic rings. The van der Waals surface area contributed by atoms with E-state index in [-0.39, 0.29) is 0 Å². The summed E-state index contributed by atoms with van der Waals surface area (Å²) in [5.74, 6) is 0.863. The lowest BCUT2D eigenvalue weighted by molar-refractivity contribution is 0.132. The van der Waals surface area contributed by atoms with E-state index in [0.717, 1.165) is 12.5 Å². The topological polar surface area (TPSA) is 15.3 Å². The molecule has 1 aromatic rings. The minimum Gasteiger partial charge on any atom is -0.309 e. The Hall–Kier alpha value is -0.860. The lowest BCUT2D eigenvalue weighted by Gasteiger charge is -2.39. The van der Waals surface area contributed by atoms with Crippen LogP contribution in [0.25, 0.3) is 0 Å². The van der Waals surface area contributed by atoms with E-state index in [4.69, 9.17) is 0 Å². The Morgan fingerprint density at radius 3 is 2.38 bits per heavy atom. The van der Waals surface area contributed by atoms with Gasteiger partial charge < -0.3 is 10.2 Å². The maximum atomic E-state index is 3.92. The Morgan fingerprint density at radius 1 is 1.19 bits per heavy atom. The van der Waals surface area contributed by atoms with E-state index in [1.165, 1.54) is 49.9 Å². The molecule has 1 atom stereocenters. The largest absolute Gasteiger partial charge is 0.309 e. The van der Waals surface area contributed by atoms with Crippen molar-refractivity contribution in [3.63, 3.8) is 0 Å². The Balaban J connectivity index is 1.62. The van der Waals surface area contributed by atoms with Crippen LogP contribution in [0.15, 0.2) is 24.3 Å². The van der Waals surface area contributed by atoms with Crippen molar-refractivity contribution in [2.75, 3.05) is 26.7 Å². The highest BCUT2D eigenvalue weighted by atomic mass is 15.1. The van der Waals surface area contributed by atoms with Crippen LogP contribution in [-0.4, -0.2) is 31.6 Å². The summed E-state index contributed by atoms with van der Waals surface area (Å²) in [6, 6.07) is 9.72. The van der Waals surface area contributed by atoms with Crippen LogP contribution in [0.3, 0.4) is 0 Å². The second kappa shape index (κ2) is 6.10. The van der Waals surface area contributed by atoms with E-state index in [9.17, 15) is 0 Å². The summed E-state index contributed by atoms with van der Waals surface area (Å²) in [6.45, 7) is 8.29. The molecule has 1 aliphatic carbocycles. The normalized spacial score (nSPS) is 24.0. The van der Waals surface area contributed by atoms with Gasteiger partial charge in [-0.15, -0.1) is 0 Å². The monoisotopic (exact) mass is 286 g/mol. The molecule has 0 aromatic heterocycles. The summed E-state index contributed by atoms with van der Waals surface area (Å²) in [5, 5.41) is 3.92. The molecular weight excluding hydrogens is 256 g/mol. The predicted molar refractivity (Wildman–Crippen MR) is 89.5 cm³/mol. The van der Waals surface area contributed by atoms with Gasteiger partial charge in [-0.1, -0.05) is 36.8 Å². The lowest BCUT2D eigenvalue weighted by Crippen LogP contribution is -2.43. The van der Waals surface area contributed by atoms with E-state index < -0.39 is 0 Å². The molecule has 0 spiro atoms. The van der Waals surface area contributed by atoms with Gasteiger partial charge in [-0.3, -0.25) is 0 Å². The molecule has 0 radical (unpaired) electrons. The molecule has 1 N–H and O–H groups in total.